The van der Waals surface area contributed by atoms with Crippen molar-refractivity contribution in [2.75, 3.05) is 5.32 Å². The van der Waals surface area contributed by atoms with Crippen molar-refractivity contribution in [1.82, 2.24) is 4.98 Å². The number of amides is 1. The molecule has 0 unspecified atom stereocenters. The Morgan fingerprint density at radius 3 is 2.70 bits per heavy atom. The zero-order valence-corrected chi connectivity index (χ0v) is 10.4. The molecule has 2 N–H and O–H groups in total. The Hall–Kier alpha value is -2.49. The highest BCUT2D eigenvalue weighted by atomic mass is 19.4. The fourth-order valence-electron chi connectivity index (χ4n) is 1.99. The molecule has 0 aliphatic heterocycles. The lowest BCUT2D eigenvalue weighted by Gasteiger charge is -2.09. The number of nitrogens with zero attached hydrogens (tertiary/aromatic N) is 1. The Labute approximate surface area is 112 Å². The summed E-state index contributed by atoms with van der Waals surface area (Å²) in [6, 6.07) is 4.66. The molecule has 104 valence electrons. The number of carbonyl (C=O) groups is 1. The summed E-state index contributed by atoms with van der Waals surface area (Å²) in [4.78, 5) is 13.8. The van der Waals surface area contributed by atoms with Crippen LogP contribution in [0.25, 0.3) is 10.9 Å². The van der Waals surface area contributed by atoms with Gasteiger partial charge >= 0.3 is 12.1 Å². The van der Waals surface area contributed by atoms with Crippen LogP contribution in [0.2, 0.25) is 0 Å². The normalized spacial score (nSPS) is 11.3. The van der Waals surface area contributed by atoms with Gasteiger partial charge in [-0.3, -0.25) is 4.79 Å². The molecule has 0 spiro atoms. The zero-order chi connectivity index (χ0) is 14.9. The largest absolute Gasteiger partial charge is 0.471 e. The summed E-state index contributed by atoms with van der Waals surface area (Å²) in [7, 11) is 0. The number of nitriles is 1. The molecule has 1 heterocycles. The summed E-state index contributed by atoms with van der Waals surface area (Å²) in [6.07, 6.45) is -2.72. The second kappa shape index (κ2) is 4.89. The SMILES string of the molecule is CCc1c[nH]c2c(NC(=O)C(F)(F)F)ccc(C#N)c12. The van der Waals surface area contributed by atoms with E-state index in [-0.39, 0.29) is 5.69 Å². The Morgan fingerprint density at radius 1 is 1.45 bits per heavy atom. The molecule has 1 amide bonds. The van der Waals surface area contributed by atoms with Crippen molar-refractivity contribution in [2.45, 2.75) is 19.5 Å². The van der Waals surface area contributed by atoms with Crippen LogP contribution in [0.4, 0.5) is 18.9 Å². The van der Waals surface area contributed by atoms with Crippen molar-refractivity contribution < 1.29 is 18.0 Å². The molecule has 1 aromatic carbocycles. The third-order valence-corrected chi connectivity index (χ3v) is 2.92. The molecular weight excluding hydrogens is 271 g/mol. The number of nitrogens with one attached hydrogen (secondary N) is 2. The van der Waals surface area contributed by atoms with Gasteiger partial charge in [-0.15, -0.1) is 0 Å². The molecule has 7 heteroatoms. The summed E-state index contributed by atoms with van der Waals surface area (Å²) < 4.78 is 36.8. The number of hydrogen-bond acceptors (Lipinski definition) is 2. The second-order valence-corrected chi connectivity index (χ2v) is 4.14. The number of rotatable bonds is 2. The highest BCUT2D eigenvalue weighted by molar-refractivity contribution is 6.05. The maximum Gasteiger partial charge on any atom is 0.471 e. The van der Waals surface area contributed by atoms with Crippen LogP contribution in [-0.2, 0) is 11.2 Å². The van der Waals surface area contributed by atoms with Gasteiger partial charge in [0.15, 0.2) is 0 Å². The number of carbonyl (C=O) groups excluding carboxylic acids is 1. The molecule has 4 nitrogen and oxygen atoms in total. The van der Waals surface area contributed by atoms with Crippen LogP contribution in [0, 0.1) is 11.3 Å². The molecule has 0 bridgehead atoms. The van der Waals surface area contributed by atoms with Gasteiger partial charge in [0.2, 0.25) is 0 Å². The van der Waals surface area contributed by atoms with Crippen molar-refractivity contribution in [2.24, 2.45) is 0 Å². The van der Waals surface area contributed by atoms with E-state index >= 15 is 0 Å². The first-order chi connectivity index (χ1) is 9.38. The maximum absolute atomic E-state index is 12.3. The van der Waals surface area contributed by atoms with Crippen LogP contribution in [0.1, 0.15) is 18.1 Å². The number of H-pyrrole nitrogens is 1. The van der Waals surface area contributed by atoms with Crippen LogP contribution in [0.15, 0.2) is 18.3 Å². The molecule has 1 aromatic heterocycles. The smallest absolute Gasteiger partial charge is 0.359 e. The first-order valence-electron chi connectivity index (χ1n) is 5.79. The molecular formula is C13H10F3N3O. The Kier molecular flexibility index (Phi) is 3.40. The average molecular weight is 281 g/mol. The lowest BCUT2D eigenvalue weighted by atomic mass is 10.0. The standard InChI is InChI=1S/C13H10F3N3O/c1-2-7-6-18-11-9(19-12(20)13(14,15)16)4-3-8(5-17)10(7)11/h3-4,6,18H,2H2,1H3,(H,19,20). The van der Waals surface area contributed by atoms with E-state index in [1.807, 2.05) is 18.3 Å². The predicted molar refractivity (Wildman–Crippen MR) is 67.1 cm³/mol. The summed E-state index contributed by atoms with van der Waals surface area (Å²) in [6.45, 7) is 1.87. The number of anilines is 1. The van der Waals surface area contributed by atoms with E-state index in [4.69, 9.17) is 5.26 Å². The van der Waals surface area contributed by atoms with E-state index in [1.165, 1.54) is 12.1 Å². The topological polar surface area (TPSA) is 68.7 Å². The number of aromatic amines is 1. The number of aromatic nitrogens is 1. The molecule has 0 fully saturated rings. The number of hydrogen-bond donors (Lipinski definition) is 2. The van der Waals surface area contributed by atoms with E-state index in [0.717, 1.165) is 5.56 Å². The van der Waals surface area contributed by atoms with Gasteiger partial charge in [0.05, 0.1) is 22.8 Å². The molecule has 0 radical (unpaired) electrons. The highest BCUT2D eigenvalue weighted by Gasteiger charge is 2.39. The van der Waals surface area contributed by atoms with Crippen molar-refractivity contribution in [3.63, 3.8) is 0 Å². The van der Waals surface area contributed by atoms with Gasteiger partial charge in [0.1, 0.15) is 0 Å². The molecule has 0 aliphatic rings. The molecule has 0 atom stereocenters. The lowest BCUT2D eigenvalue weighted by Crippen LogP contribution is -2.30. The maximum atomic E-state index is 12.3. The molecule has 0 saturated heterocycles. The monoisotopic (exact) mass is 281 g/mol. The first kappa shape index (κ1) is 13.9. The summed E-state index contributed by atoms with van der Waals surface area (Å²) in [5.74, 6) is -2.05. The average Bonchev–Trinajstić information content (AvgIpc) is 2.82. The van der Waals surface area contributed by atoms with Crippen molar-refractivity contribution in [3.05, 3.63) is 29.5 Å². The minimum atomic E-state index is -4.96. The third kappa shape index (κ3) is 2.32. The van der Waals surface area contributed by atoms with Crippen LogP contribution in [-0.4, -0.2) is 17.1 Å². The van der Waals surface area contributed by atoms with Gasteiger partial charge in [-0.25, -0.2) is 0 Å². The molecule has 20 heavy (non-hydrogen) atoms. The lowest BCUT2D eigenvalue weighted by molar-refractivity contribution is -0.167. The number of aryl methyl sites for hydroxylation is 1. The molecule has 2 aromatic rings. The highest BCUT2D eigenvalue weighted by Crippen LogP contribution is 2.30. The fourth-order valence-corrected chi connectivity index (χ4v) is 1.99. The Balaban J connectivity index is 2.55. The number of fused-ring (bicyclic) bond motifs is 1. The number of benzene rings is 1. The third-order valence-electron chi connectivity index (χ3n) is 2.92. The van der Waals surface area contributed by atoms with Crippen molar-refractivity contribution >= 4 is 22.5 Å². The van der Waals surface area contributed by atoms with Crippen LogP contribution in [0.5, 0.6) is 0 Å². The van der Waals surface area contributed by atoms with Gasteiger partial charge in [-0.2, -0.15) is 18.4 Å². The van der Waals surface area contributed by atoms with Gasteiger partial charge in [-0.05, 0) is 24.1 Å². The molecule has 0 saturated carbocycles. The van der Waals surface area contributed by atoms with Gasteiger partial charge in [0, 0.05) is 11.6 Å². The zero-order valence-electron chi connectivity index (χ0n) is 10.4. The van der Waals surface area contributed by atoms with Gasteiger partial charge in [0.25, 0.3) is 0 Å². The number of alkyl halides is 3. The van der Waals surface area contributed by atoms with Gasteiger partial charge < -0.3 is 10.3 Å². The minimum absolute atomic E-state index is 0.000949. The second-order valence-electron chi connectivity index (χ2n) is 4.14. The quantitative estimate of drug-likeness (QED) is 0.888. The minimum Gasteiger partial charge on any atom is -0.359 e. The molecule has 2 rings (SSSR count). The van der Waals surface area contributed by atoms with Crippen LogP contribution < -0.4 is 5.32 Å². The van der Waals surface area contributed by atoms with Crippen LogP contribution in [0.3, 0.4) is 0 Å². The summed E-state index contributed by atoms with van der Waals surface area (Å²) in [5, 5.41) is 11.4. The van der Waals surface area contributed by atoms with E-state index in [1.54, 1.807) is 6.20 Å². The Morgan fingerprint density at radius 2 is 2.15 bits per heavy atom. The van der Waals surface area contributed by atoms with E-state index in [2.05, 4.69) is 4.98 Å². The van der Waals surface area contributed by atoms with Crippen molar-refractivity contribution in [3.8, 4) is 6.07 Å². The van der Waals surface area contributed by atoms with Crippen LogP contribution >= 0.6 is 0 Å². The van der Waals surface area contributed by atoms with Crippen molar-refractivity contribution in [1.29, 1.82) is 5.26 Å². The Bertz CT molecular complexity index is 710. The van der Waals surface area contributed by atoms with E-state index in [9.17, 15) is 18.0 Å². The number of halogens is 3. The summed E-state index contributed by atoms with van der Waals surface area (Å²) in [5.41, 5.74) is 1.47. The van der Waals surface area contributed by atoms with E-state index in [0.29, 0.717) is 22.9 Å². The fraction of sp³-hybridized carbons (Fsp3) is 0.231. The first-order valence-corrected chi connectivity index (χ1v) is 5.79. The van der Waals surface area contributed by atoms with E-state index < -0.39 is 12.1 Å². The van der Waals surface area contributed by atoms with Gasteiger partial charge in [-0.1, -0.05) is 6.92 Å². The predicted octanol–water partition coefficient (Wildman–Crippen LogP) is 3.10. The summed E-state index contributed by atoms with van der Waals surface area (Å²) >= 11 is 0. The molecule has 0 aliphatic carbocycles.